The lowest BCUT2D eigenvalue weighted by molar-refractivity contribution is -0.126. The number of carbonyl (C=O) groups excluding carboxylic acids is 2. The standard InChI is InChI=1S/C16H24N4O2/c17-13(10-15(18)21)16(22)19-11-14(20-8-4-5-9-20)12-6-2-1-3-7-12/h1-3,6-7,13-14H,4-5,8-11,17H2,(H2,18,21)(H,19,22). The monoisotopic (exact) mass is 304 g/mol. The van der Waals surface area contributed by atoms with Crippen LogP contribution in [-0.2, 0) is 9.59 Å². The van der Waals surface area contributed by atoms with E-state index in [-0.39, 0.29) is 18.4 Å². The Bertz CT molecular complexity index is 500. The van der Waals surface area contributed by atoms with E-state index in [9.17, 15) is 9.59 Å². The molecule has 2 atom stereocenters. The van der Waals surface area contributed by atoms with E-state index in [4.69, 9.17) is 11.5 Å². The van der Waals surface area contributed by atoms with E-state index in [1.807, 2.05) is 18.2 Å². The van der Waals surface area contributed by atoms with Gasteiger partial charge in [0.15, 0.2) is 0 Å². The lowest BCUT2D eigenvalue weighted by Gasteiger charge is -2.28. The minimum absolute atomic E-state index is 0.133. The second kappa shape index (κ2) is 7.91. The van der Waals surface area contributed by atoms with E-state index in [1.54, 1.807) is 0 Å². The number of rotatable bonds is 7. The van der Waals surface area contributed by atoms with Crippen molar-refractivity contribution in [2.24, 2.45) is 11.5 Å². The number of likely N-dealkylation sites (tertiary alicyclic amines) is 1. The quantitative estimate of drug-likeness (QED) is 0.667. The second-order valence-corrected chi connectivity index (χ2v) is 5.69. The lowest BCUT2D eigenvalue weighted by Crippen LogP contribution is -2.45. The van der Waals surface area contributed by atoms with Gasteiger partial charge in [0.2, 0.25) is 11.8 Å². The molecule has 1 aliphatic rings. The Morgan fingerprint density at radius 3 is 2.41 bits per heavy atom. The second-order valence-electron chi connectivity index (χ2n) is 5.69. The van der Waals surface area contributed by atoms with Crippen LogP contribution in [0.5, 0.6) is 0 Å². The summed E-state index contributed by atoms with van der Waals surface area (Å²) in [5.41, 5.74) is 11.9. The van der Waals surface area contributed by atoms with Gasteiger partial charge in [-0.2, -0.15) is 0 Å². The number of primary amides is 1. The molecule has 5 N–H and O–H groups in total. The molecule has 2 rings (SSSR count). The predicted octanol–water partition coefficient (Wildman–Crippen LogP) is 0.142. The molecule has 0 radical (unpaired) electrons. The number of benzene rings is 1. The zero-order valence-corrected chi connectivity index (χ0v) is 12.7. The summed E-state index contributed by atoms with van der Waals surface area (Å²) in [5, 5.41) is 2.85. The minimum Gasteiger partial charge on any atom is -0.370 e. The molecule has 120 valence electrons. The Morgan fingerprint density at radius 1 is 1.18 bits per heavy atom. The predicted molar refractivity (Wildman–Crippen MR) is 84.8 cm³/mol. The van der Waals surface area contributed by atoms with Crippen LogP contribution < -0.4 is 16.8 Å². The highest BCUT2D eigenvalue weighted by Gasteiger charge is 2.25. The first kappa shape index (κ1) is 16.5. The van der Waals surface area contributed by atoms with Crippen LogP contribution in [0.15, 0.2) is 30.3 Å². The third-order valence-corrected chi connectivity index (χ3v) is 3.99. The van der Waals surface area contributed by atoms with Crippen molar-refractivity contribution in [3.05, 3.63) is 35.9 Å². The fourth-order valence-corrected chi connectivity index (χ4v) is 2.82. The average Bonchev–Trinajstić information content (AvgIpc) is 3.02. The van der Waals surface area contributed by atoms with Gasteiger partial charge in [-0.15, -0.1) is 0 Å². The number of hydrogen-bond donors (Lipinski definition) is 3. The van der Waals surface area contributed by atoms with Crippen LogP contribution in [0.25, 0.3) is 0 Å². The van der Waals surface area contributed by atoms with E-state index in [0.29, 0.717) is 6.54 Å². The number of nitrogens with one attached hydrogen (secondary N) is 1. The molecule has 1 aromatic rings. The Kier molecular flexibility index (Phi) is 5.91. The van der Waals surface area contributed by atoms with Gasteiger partial charge in [-0.05, 0) is 31.5 Å². The molecule has 0 spiro atoms. The molecule has 0 bridgehead atoms. The van der Waals surface area contributed by atoms with E-state index >= 15 is 0 Å². The number of nitrogens with two attached hydrogens (primary N) is 2. The molecule has 2 amide bonds. The summed E-state index contributed by atoms with van der Waals surface area (Å²) < 4.78 is 0. The first-order chi connectivity index (χ1) is 10.6. The summed E-state index contributed by atoms with van der Waals surface area (Å²) >= 11 is 0. The molecule has 1 fully saturated rings. The summed E-state index contributed by atoms with van der Waals surface area (Å²) in [6.45, 7) is 2.54. The highest BCUT2D eigenvalue weighted by molar-refractivity contribution is 5.87. The van der Waals surface area contributed by atoms with Gasteiger partial charge in [-0.1, -0.05) is 30.3 Å². The largest absolute Gasteiger partial charge is 0.370 e. The van der Waals surface area contributed by atoms with Gasteiger partial charge in [0.25, 0.3) is 0 Å². The van der Waals surface area contributed by atoms with Crippen molar-refractivity contribution in [3.8, 4) is 0 Å². The lowest BCUT2D eigenvalue weighted by atomic mass is 10.1. The SMILES string of the molecule is NC(=O)CC(N)C(=O)NCC(c1ccccc1)N1CCCC1. The van der Waals surface area contributed by atoms with Crippen molar-refractivity contribution < 1.29 is 9.59 Å². The molecule has 1 aliphatic heterocycles. The van der Waals surface area contributed by atoms with Gasteiger partial charge in [0, 0.05) is 6.54 Å². The molecule has 6 heteroatoms. The maximum absolute atomic E-state index is 12.0. The smallest absolute Gasteiger partial charge is 0.237 e. The molecule has 22 heavy (non-hydrogen) atoms. The van der Waals surface area contributed by atoms with Crippen molar-refractivity contribution in [2.45, 2.75) is 31.3 Å². The van der Waals surface area contributed by atoms with Crippen LogP contribution in [0.4, 0.5) is 0 Å². The number of nitrogens with zero attached hydrogens (tertiary/aromatic N) is 1. The van der Waals surface area contributed by atoms with E-state index in [1.165, 1.54) is 18.4 Å². The van der Waals surface area contributed by atoms with E-state index < -0.39 is 11.9 Å². The van der Waals surface area contributed by atoms with Crippen LogP contribution in [-0.4, -0.2) is 42.4 Å². The maximum atomic E-state index is 12.0. The molecule has 1 heterocycles. The summed E-state index contributed by atoms with van der Waals surface area (Å²) in [6.07, 6.45) is 2.22. The van der Waals surface area contributed by atoms with Crippen LogP contribution >= 0.6 is 0 Å². The van der Waals surface area contributed by atoms with Crippen molar-refractivity contribution in [1.29, 1.82) is 0 Å². The number of hydrogen-bond acceptors (Lipinski definition) is 4. The maximum Gasteiger partial charge on any atom is 0.237 e. The van der Waals surface area contributed by atoms with Crippen LogP contribution in [0.2, 0.25) is 0 Å². The summed E-state index contributed by atoms with van der Waals surface area (Å²) in [5.74, 6) is -0.902. The highest BCUT2D eigenvalue weighted by Crippen LogP contribution is 2.24. The van der Waals surface area contributed by atoms with Gasteiger partial charge in [0.1, 0.15) is 0 Å². The molecule has 0 aromatic heterocycles. The first-order valence-electron chi connectivity index (χ1n) is 7.68. The van der Waals surface area contributed by atoms with Crippen LogP contribution in [0.3, 0.4) is 0 Å². The van der Waals surface area contributed by atoms with Crippen molar-refractivity contribution in [2.75, 3.05) is 19.6 Å². The fourth-order valence-electron chi connectivity index (χ4n) is 2.82. The Balaban J connectivity index is 1.98. The van der Waals surface area contributed by atoms with Gasteiger partial charge >= 0.3 is 0 Å². The van der Waals surface area contributed by atoms with Crippen molar-refractivity contribution >= 4 is 11.8 Å². The van der Waals surface area contributed by atoms with Gasteiger partial charge < -0.3 is 16.8 Å². The van der Waals surface area contributed by atoms with Gasteiger partial charge in [-0.25, -0.2) is 0 Å². The van der Waals surface area contributed by atoms with Crippen molar-refractivity contribution in [3.63, 3.8) is 0 Å². The Morgan fingerprint density at radius 2 is 1.82 bits per heavy atom. The van der Waals surface area contributed by atoms with Crippen molar-refractivity contribution in [1.82, 2.24) is 10.2 Å². The molecule has 2 unspecified atom stereocenters. The van der Waals surface area contributed by atoms with Crippen LogP contribution in [0.1, 0.15) is 30.9 Å². The summed E-state index contributed by atoms with van der Waals surface area (Å²) in [7, 11) is 0. The highest BCUT2D eigenvalue weighted by atomic mass is 16.2. The molecular weight excluding hydrogens is 280 g/mol. The zero-order chi connectivity index (χ0) is 15.9. The Hall–Kier alpha value is -1.92. The third kappa shape index (κ3) is 4.54. The number of amides is 2. The third-order valence-electron chi connectivity index (χ3n) is 3.99. The average molecular weight is 304 g/mol. The molecule has 0 saturated carbocycles. The number of carbonyl (C=O) groups is 2. The van der Waals surface area contributed by atoms with Gasteiger partial charge in [-0.3, -0.25) is 14.5 Å². The minimum atomic E-state index is -0.882. The topological polar surface area (TPSA) is 101 Å². The fraction of sp³-hybridized carbons (Fsp3) is 0.500. The zero-order valence-electron chi connectivity index (χ0n) is 12.7. The molecule has 1 aromatic carbocycles. The summed E-state index contributed by atoms with van der Waals surface area (Å²) in [4.78, 5) is 25.2. The molecule has 6 nitrogen and oxygen atoms in total. The Labute approximate surface area is 130 Å². The van der Waals surface area contributed by atoms with Crippen LogP contribution in [0, 0.1) is 0 Å². The summed E-state index contributed by atoms with van der Waals surface area (Å²) in [6, 6.07) is 9.36. The van der Waals surface area contributed by atoms with Gasteiger partial charge in [0.05, 0.1) is 18.5 Å². The van der Waals surface area contributed by atoms with E-state index in [2.05, 4.69) is 22.3 Å². The normalized spacial score (nSPS) is 17.9. The molecule has 0 aliphatic carbocycles. The molecular formula is C16H24N4O2. The molecule has 1 saturated heterocycles. The first-order valence-corrected chi connectivity index (χ1v) is 7.68. The van der Waals surface area contributed by atoms with E-state index in [0.717, 1.165) is 13.1 Å².